The van der Waals surface area contributed by atoms with Gasteiger partial charge in [0.2, 0.25) is 0 Å². The maximum Gasteiger partial charge on any atom is 0.417 e. The number of rotatable bonds is 2. The second-order valence-electron chi connectivity index (χ2n) is 3.63. The van der Waals surface area contributed by atoms with E-state index in [0.29, 0.717) is 0 Å². The quantitative estimate of drug-likeness (QED) is 0.676. The van der Waals surface area contributed by atoms with E-state index in [4.69, 9.17) is 4.74 Å². The van der Waals surface area contributed by atoms with E-state index in [2.05, 4.69) is 4.74 Å². The number of hydrogen-bond donors (Lipinski definition) is 0. The Kier molecular flexibility index (Phi) is 3.28. The van der Waals surface area contributed by atoms with E-state index in [1.54, 1.807) is 6.92 Å². The third kappa shape index (κ3) is 2.42. The van der Waals surface area contributed by atoms with Crippen molar-refractivity contribution >= 4 is 5.97 Å². The highest BCUT2D eigenvalue weighted by molar-refractivity contribution is 5.75. The van der Waals surface area contributed by atoms with Crippen LogP contribution in [0.3, 0.4) is 0 Å². The Hall–Kier alpha value is -0.780. The van der Waals surface area contributed by atoms with Crippen molar-refractivity contribution in [3.05, 3.63) is 0 Å². The molecule has 2 unspecified atom stereocenters. The maximum atomic E-state index is 12.5. The monoisotopic (exact) mass is 226 g/mol. The molecule has 0 saturated carbocycles. The van der Waals surface area contributed by atoms with Crippen molar-refractivity contribution in [2.45, 2.75) is 44.6 Å². The van der Waals surface area contributed by atoms with E-state index in [0.717, 1.165) is 6.92 Å². The predicted octanol–water partition coefficient (Wildman–Crippen LogP) is 2.05. The molecular weight excluding hydrogens is 213 g/mol. The van der Waals surface area contributed by atoms with Crippen LogP contribution in [0.4, 0.5) is 13.2 Å². The molecule has 0 radical (unpaired) electrons. The summed E-state index contributed by atoms with van der Waals surface area (Å²) in [5.74, 6) is -0.717. The van der Waals surface area contributed by atoms with Gasteiger partial charge in [0.05, 0.1) is 6.61 Å². The Morgan fingerprint density at radius 3 is 2.60 bits per heavy atom. The van der Waals surface area contributed by atoms with Crippen molar-refractivity contribution in [2.75, 3.05) is 6.61 Å². The van der Waals surface area contributed by atoms with Gasteiger partial charge in [-0.25, -0.2) is 4.79 Å². The van der Waals surface area contributed by atoms with Crippen LogP contribution in [0, 0.1) is 0 Å². The Morgan fingerprint density at radius 2 is 2.20 bits per heavy atom. The number of halogens is 3. The first-order valence-corrected chi connectivity index (χ1v) is 4.71. The van der Waals surface area contributed by atoms with Crippen molar-refractivity contribution in [3.63, 3.8) is 0 Å². The molecule has 88 valence electrons. The zero-order valence-corrected chi connectivity index (χ0v) is 8.56. The van der Waals surface area contributed by atoms with Gasteiger partial charge in [-0.1, -0.05) is 0 Å². The van der Waals surface area contributed by atoms with Gasteiger partial charge in [0.15, 0.2) is 11.7 Å². The largest absolute Gasteiger partial charge is 0.464 e. The van der Waals surface area contributed by atoms with Gasteiger partial charge in [-0.15, -0.1) is 0 Å². The molecule has 1 saturated heterocycles. The number of carbonyl (C=O) groups excluding carboxylic acids is 1. The molecule has 1 fully saturated rings. The lowest BCUT2D eigenvalue weighted by atomic mass is 10.0. The average Bonchev–Trinajstić information content (AvgIpc) is 2.48. The van der Waals surface area contributed by atoms with Crippen molar-refractivity contribution in [1.29, 1.82) is 0 Å². The van der Waals surface area contributed by atoms with Crippen LogP contribution >= 0.6 is 0 Å². The number of carbonyl (C=O) groups is 1. The summed E-state index contributed by atoms with van der Waals surface area (Å²) in [4.78, 5) is 11.1. The molecule has 15 heavy (non-hydrogen) atoms. The number of ether oxygens (including phenoxy) is 2. The Balaban J connectivity index is 2.63. The third-order valence-corrected chi connectivity index (χ3v) is 2.44. The molecule has 1 heterocycles. The zero-order valence-electron chi connectivity index (χ0n) is 8.56. The summed E-state index contributed by atoms with van der Waals surface area (Å²) in [5.41, 5.74) is -2.22. The SMILES string of the molecule is CCOC(=O)C1CCC(C)(C(F)(F)F)O1. The summed E-state index contributed by atoms with van der Waals surface area (Å²) in [6.07, 6.45) is -5.69. The van der Waals surface area contributed by atoms with E-state index in [9.17, 15) is 18.0 Å². The lowest BCUT2D eigenvalue weighted by Gasteiger charge is -2.26. The molecule has 0 N–H and O–H groups in total. The van der Waals surface area contributed by atoms with E-state index in [1.807, 2.05) is 0 Å². The minimum Gasteiger partial charge on any atom is -0.464 e. The molecule has 3 nitrogen and oxygen atoms in total. The van der Waals surface area contributed by atoms with Gasteiger partial charge < -0.3 is 9.47 Å². The fraction of sp³-hybridized carbons (Fsp3) is 0.889. The summed E-state index contributed by atoms with van der Waals surface area (Å²) >= 11 is 0. The fourth-order valence-electron chi connectivity index (χ4n) is 1.45. The molecule has 0 aromatic heterocycles. The molecule has 0 amide bonds. The summed E-state index contributed by atoms with van der Waals surface area (Å²) < 4.78 is 46.8. The molecule has 0 spiro atoms. The normalized spacial score (nSPS) is 31.7. The number of esters is 1. The first kappa shape index (κ1) is 12.3. The molecule has 6 heteroatoms. The fourth-order valence-corrected chi connectivity index (χ4v) is 1.45. The minimum absolute atomic E-state index is 0.0504. The van der Waals surface area contributed by atoms with Crippen LogP contribution in [0.2, 0.25) is 0 Å². The minimum atomic E-state index is -4.45. The van der Waals surface area contributed by atoms with Crippen LogP contribution < -0.4 is 0 Å². The second kappa shape index (κ2) is 4.00. The molecule has 0 aliphatic carbocycles. The van der Waals surface area contributed by atoms with Gasteiger partial charge in [-0.05, 0) is 26.7 Å². The van der Waals surface area contributed by atoms with Crippen molar-refractivity contribution < 1.29 is 27.4 Å². The van der Waals surface area contributed by atoms with Crippen molar-refractivity contribution in [1.82, 2.24) is 0 Å². The van der Waals surface area contributed by atoms with E-state index < -0.39 is 23.9 Å². The molecule has 0 aromatic carbocycles. The van der Waals surface area contributed by atoms with Gasteiger partial charge in [-0.3, -0.25) is 0 Å². The molecule has 2 atom stereocenters. The van der Waals surface area contributed by atoms with Gasteiger partial charge in [-0.2, -0.15) is 13.2 Å². The van der Waals surface area contributed by atoms with Crippen molar-refractivity contribution in [3.8, 4) is 0 Å². The third-order valence-electron chi connectivity index (χ3n) is 2.44. The summed E-state index contributed by atoms with van der Waals surface area (Å²) in [7, 11) is 0. The Bertz CT molecular complexity index is 251. The van der Waals surface area contributed by atoms with Crippen LogP contribution in [0.1, 0.15) is 26.7 Å². The number of alkyl halides is 3. The zero-order chi connectivity index (χ0) is 11.7. The lowest BCUT2D eigenvalue weighted by Crippen LogP contribution is -2.43. The van der Waals surface area contributed by atoms with Gasteiger partial charge in [0.25, 0.3) is 0 Å². The van der Waals surface area contributed by atoms with E-state index >= 15 is 0 Å². The molecule has 1 aliphatic heterocycles. The van der Waals surface area contributed by atoms with Gasteiger partial charge in [0, 0.05) is 0 Å². The lowest BCUT2D eigenvalue weighted by molar-refractivity contribution is -0.264. The highest BCUT2D eigenvalue weighted by Crippen LogP contribution is 2.43. The highest BCUT2D eigenvalue weighted by atomic mass is 19.4. The van der Waals surface area contributed by atoms with E-state index in [-0.39, 0.29) is 19.4 Å². The Morgan fingerprint density at radius 1 is 1.60 bits per heavy atom. The van der Waals surface area contributed by atoms with Crippen molar-refractivity contribution in [2.24, 2.45) is 0 Å². The first-order valence-electron chi connectivity index (χ1n) is 4.71. The summed E-state index contributed by atoms with van der Waals surface area (Å²) in [5, 5.41) is 0. The molecule has 1 rings (SSSR count). The van der Waals surface area contributed by atoms with Gasteiger partial charge >= 0.3 is 12.1 Å². The van der Waals surface area contributed by atoms with E-state index in [1.165, 1.54) is 0 Å². The van der Waals surface area contributed by atoms with Crippen LogP contribution in [0.15, 0.2) is 0 Å². The molecule has 1 aliphatic rings. The first-order chi connectivity index (χ1) is 6.80. The van der Waals surface area contributed by atoms with Gasteiger partial charge in [0.1, 0.15) is 0 Å². The smallest absolute Gasteiger partial charge is 0.417 e. The van der Waals surface area contributed by atoms with Crippen LogP contribution in [0.25, 0.3) is 0 Å². The Labute approximate surface area is 85.5 Å². The average molecular weight is 226 g/mol. The number of hydrogen-bond acceptors (Lipinski definition) is 3. The summed E-state index contributed by atoms with van der Waals surface area (Å²) in [6, 6.07) is 0. The molecule has 0 bridgehead atoms. The standard InChI is InChI=1S/C9H13F3O3/c1-3-14-7(13)6-4-5-8(2,15-6)9(10,11)12/h6H,3-5H2,1-2H3. The van der Waals surface area contributed by atoms with Crippen LogP contribution in [0.5, 0.6) is 0 Å². The maximum absolute atomic E-state index is 12.5. The van der Waals surface area contributed by atoms with Crippen LogP contribution in [-0.4, -0.2) is 30.5 Å². The van der Waals surface area contributed by atoms with Crippen LogP contribution in [-0.2, 0) is 14.3 Å². The highest BCUT2D eigenvalue weighted by Gasteiger charge is 2.57. The predicted molar refractivity (Wildman–Crippen MR) is 45.2 cm³/mol. The molecular formula is C9H13F3O3. The molecule has 0 aromatic rings. The second-order valence-corrected chi connectivity index (χ2v) is 3.63. The summed E-state index contributed by atoms with van der Waals surface area (Å²) in [6.45, 7) is 2.68. The topological polar surface area (TPSA) is 35.5 Å².